The zero-order valence-corrected chi connectivity index (χ0v) is 11.3. The third kappa shape index (κ3) is 3.16. The molecule has 0 bridgehead atoms. The Labute approximate surface area is 116 Å². The second-order valence-corrected chi connectivity index (χ2v) is 4.95. The van der Waals surface area contributed by atoms with Crippen LogP contribution in [-0.2, 0) is 6.42 Å². The summed E-state index contributed by atoms with van der Waals surface area (Å²) in [6, 6.07) is 7.60. The van der Waals surface area contributed by atoms with Crippen LogP contribution >= 0.6 is 15.9 Å². The molecule has 2 rings (SSSR count). The number of aliphatic hydroxyl groups excluding tert-OH is 1. The molecule has 0 radical (unpaired) electrons. The first-order valence-corrected chi connectivity index (χ1v) is 6.34. The minimum Gasteiger partial charge on any atom is -0.388 e. The van der Waals surface area contributed by atoms with E-state index in [-0.39, 0.29) is 12.0 Å². The maximum atomic E-state index is 13.5. The number of rotatable bonds is 3. The monoisotopic (exact) mass is 330 g/mol. The van der Waals surface area contributed by atoms with E-state index in [9.17, 15) is 18.3 Å². The summed E-state index contributed by atoms with van der Waals surface area (Å²) in [4.78, 5) is 0. The summed E-state index contributed by atoms with van der Waals surface area (Å²) >= 11 is 3.18. The van der Waals surface area contributed by atoms with Crippen LogP contribution < -0.4 is 0 Å². The summed E-state index contributed by atoms with van der Waals surface area (Å²) < 4.78 is 40.2. The van der Waals surface area contributed by atoms with Crippen LogP contribution in [0.25, 0.3) is 0 Å². The van der Waals surface area contributed by atoms with Gasteiger partial charge in [0.2, 0.25) is 0 Å². The third-order valence-corrected chi connectivity index (χ3v) is 3.48. The Hall–Kier alpha value is -1.33. The van der Waals surface area contributed by atoms with Crippen molar-refractivity contribution in [2.45, 2.75) is 12.5 Å². The van der Waals surface area contributed by atoms with E-state index in [0.717, 1.165) is 12.1 Å². The van der Waals surface area contributed by atoms with Crippen LogP contribution in [0, 0.1) is 17.5 Å². The lowest BCUT2D eigenvalue weighted by atomic mass is 10.0. The van der Waals surface area contributed by atoms with E-state index in [1.54, 1.807) is 0 Å². The molecular formula is C14H10BrF3O. The van der Waals surface area contributed by atoms with E-state index in [1.165, 1.54) is 24.3 Å². The van der Waals surface area contributed by atoms with Gasteiger partial charge in [0.05, 0.1) is 6.10 Å². The van der Waals surface area contributed by atoms with E-state index in [2.05, 4.69) is 15.9 Å². The Morgan fingerprint density at radius 1 is 1.11 bits per heavy atom. The summed E-state index contributed by atoms with van der Waals surface area (Å²) in [5.74, 6) is -2.46. The van der Waals surface area contributed by atoms with Crippen molar-refractivity contribution in [1.82, 2.24) is 0 Å². The topological polar surface area (TPSA) is 20.2 Å². The van der Waals surface area contributed by atoms with Gasteiger partial charge in [-0.1, -0.05) is 28.1 Å². The highest BCUT2D eigenvalue weighted by Gasteiger charge is 2.16. The maximum Gasteiger partial charge on any atom is 0.162 e. The van der Waals surface area contributed by atoms with Crippen LogP contribution in [0.5, 0.6) is 0 Å². The van der Waals surface area contributed by atoms with Gasteiger partial charge in [0.1, 0.15) is 5.82 Å². The van der Waals surface area contributed by atoms with Gasteiger partial charge in [0, 0.05) is 10.9 Å². The fourth-order valence-corrected chi connectivity index (χ4v) is 2.31. The van der Waals surface area contributed by atoms with Crippen LogP contribution in [0.4, 0.5) is 13.2 Å². The lowest BCUT2D eigenvalue weighted by molar-refractivity contribution is 0.175. The average molecular weight is 331 g/mol. The maximum absolute atomic E-state index is 13.5. The molecule has 1 nitrogen and oxygen atoms in total. The minimum atomic E-state index is -1.12. The lowest BCUT2D eigenvalue weighted by Gasteiger charge is -2.13. The van der Waals surface area contributed by atoms with Gasteiger partial charge in [-0.3, -0.25) is 0 Å². The number of hydrogen-bond acceptors (Lipinski definition) is 1. The smallest absolute Gasteiger partial charge is 0.162 e. The number of hydrogen-bond donors (Lipinski definition) is 1. The Balaban J connectivity index is 2.28. The molecule has 19 heavy (non-hydrogen) atoms. The van der Waals surface area contributed by atoms with Crippen molar-refractivity contribution >= 4 is 15.9 Å². The molecule has 2 aromatic rings. The molecule has 0 aliphatic carbocycles. The molecule has 0 aliphatic rings. The third-order valence-electron chi connectivity index (χ3n) is 2.76. The summed E-state index contributed by atoms with van der Waals surface area (Å²) in [6.07, 6.45) is -1.26. The van der Waals surface area contributed by atoms with Crippen molar-refractivity contribution in [3.8, 4) is 0 Å². The Bertz CT molecular complexity index is 601. The van der Waals surface area contributed by atoms with Gasteiger partial charge in [-0.2, -0.15) is 0 Å². The molecule has 0 saturated carbocycles. The minimum absolute atomic E-state index is 0.0451. The van der Waals surface area contributed by atoms with Crippen molar-refractivity contribution in [2.75, 3.05) is 0 Å². The van der Waals surface area contributed by atoms with Gasteiger partial charge in [0.15, 0.2) is 11.6 Å². The van der Waals surface area contributed by atoms with Crippen LogP contribution in [-0.4, -0.2) is 5.11 Å². The second kappa shape index (κ2) is 5.75. The van der Waals surface area contributed by atoms with E-state index in [0.29, 0.717) is 10.0 Å². The van der Waals surface area contributed by atoms with Crippen LogP contribution in [0.3, 0.4) is 0 Å². The molecule has 1 N–H and O–H groups in total. The molecule has 5 heteroatoms. The van der Waals surface area contributed by atoms with Crippen molar-refractivity contribution in [1.29, 1.82) is 0 Å². The molecule has 2 aromatic carbocycles. The predicted octanol–water partition coefficient (Wildman–Crippen LogP) is 4.14. The standard InChI is InChI=1S/C14H10BrF3O/c15-11-5-4-9(16)7-10(11)13(19)6-8-2-1-3-12(17)14(8)18/h1-5,7,13,19H,6H2. The molecule has 0 amide bonds. The van der Waals surface area contributed by atoms with Crippen molar-refractivity contribution in [3.63, 3.8) is 0 Å². The van der Waals surface area contributed by atoms with Gasteiger partial charge in [0.25, 0.3) is 0 Å². The fraction of sp³-hybridized carbons (Fsp3) is 0.143. The van der Waals surface area contributed by atoms with Crippen LogP contribution in [0.1, 0.15) is 17.2 Å². The molecule has 0 aliphatic heterocycles. The quantitative estimate of drug-likeness (QED) is 0.896. The molecule has 0 aromatic heterocycles. The van der Waals surface area contributed by atoms with Gasteiger partial charge < -0.3 is 5.11 Å². The lowest BCUT2D eigenvalue weighted by Crippen LogP contribution is -2.05. The summed E-state index contributed by atoms with van der Waals surface area (Å²) in [7, 11) is 0. The Kier molecular flexibility index (Phi) is 4.27. The molecule has 1 atom stereocenters. The zero-order valence-electron chi connectivity index (χ0n) is 9.71. The highest BCUT2D eigenvalue weighted by atomic mass is 79.9. The highest BCUT2D eigenvalue weighted by Crippen LogP contribution is 2.27. The molecule has 0 saturated heterocycles. The highest BCUT2D eigenvalue weighted by molar-refractivity contribution is 9.10. The van der Waals surface area contributed by atoms with Gasteiger partial charge in [-0.05, 0) is 35.4 Å². The van der Waals surface area contributed by atoms with Crippen molar-refractivity contribution < 1.29 is 18.3 Å². The largest absolute Gasteiger partial charge is 0.388 e. The molecular weight excluding hydrogens is 321 g/mol. The first kappa shape index (κ1) is 14.1. The SMILES string of the molecule is OC(Cc1cccc(F)c1F)c1cc(F)ccc1Br. The molecule has 100 valence electrons. The number of halogens is 4. The van der Waals surface area contributed by atoms with Crippen LogP contribution in [0.2, 0.25) is 0 Å². The van der Waals surface area contributed by atoms with Crippen molar-refractivity contribution in [3.05, 3.63) is 69.4 Å². The Morgan fingerprint density at radius 3 is 2.58 bits per heavy atom. The normalized spacial score (nSPS) is 12.5. The number of benzene rings is 2. The van der Waals surface area contributed by atoms with Gasteiger partial charge >= 0.3 is 0 Å². The van der Waals surface area contributed by atoms with E-state index in [1.807, 2.05) is 0 Å². The summed E-state index contributed by atoms with van der Waals surface area (Å²) in [5.41, 5.74) is 0.340. The zero-order chi connectivity index (χ0) is 14.0. The number of aliphatic hydroxyl groups is 1. The van der Waals surface area contributed by atoms with E-state index < -0.39 is 23.6 Å². The average Bonchev–Trinajstić information content (AvgIpc) is 2.38. The predicted molar refractivity (Wildman–Crippen MR) is 69.1 cm³/mol. The van der Waals surface area contributed by atoms with Gasteiger partial charge in [-0.25, -0.2) is 13.2 Å². The van der Waals surface area contributed by atoms with Crippen LogP contribution in [0.15, 0.2) is 40.9 Å². The first-order valence-electron chi connectivity index (χ1n) is 5.55. The van der Waals surface area contributed by atoms with Gasteiger partial charge in [-0.15, -0.1) is 0 Å². The molecule has 0 heterocycles. The summed E-state index contributed by atoms with van der Waals surface area (Å²) in [6.45, 7) is 0. The molecule has 0 spiro atoms. The molecule has 1 unspecified atom stereocenters. The van der Waals surface area contributed by atoms with E-state index in [4.69, 9.17) is 0 Å². The Morgan fingerprint density at radius 2 is 1.84 bits per heavy atom. The second-order valence-electron chi connectivity index (χ2n) is 4.10. The molecule has 0 fully saturated rings. The fourth-order valence-electron chi connectivity index (χ4n) is 1.79. The summed E-state index contributed by atoms with van der Waals surface area (Å²) in [5, 5.41) is 10.0. The first-order chi connectivity index (χ1) is 8.99. The van der Waals surface area contributed by atoms with E-state index >= 15 is 0 Å². The van der Waals surface area contributed by atoms with Crippen molar-refractivity contribution in [2.24, 2.45) is 0 Å².